The zero-order chi connectivity index (χ0) is 63.1. The molecule has 15 atom stereocenters. The predicted octanol–water partition coefficient (Wildman–Crippen LogP) is -7.39. The summed E-state index contributed by atoms with van der Waals surface area (Å²) in [5.74, 6) is -12.2. The van der Waals surface area contributed by atoms with E-state index in [9.17, 15) is 89.6 Å². The third kappa shape index (κ3) is 18.8. The number of unbranched alkanes of at least 4 members (excludes halogenated alkanes) is 4. The number of hydrogen-bond acceptors (Lipinski definition) is 24. The number of aliphatic hydroxyl groups excluding tert-OH is 8. The first-order valence-electron chi connectivity index (χ1n) is 27.5. The van der Waals surface area contributed by atoms with E-state index in [1.807, 2.05) is 5.32 Å². The van der Waals surface area contributed by atoms with Gasteiger partial charge in [0.25, 0.3) is 18.2 Å². The van der Waals surface area contributed by atoms with Crippen molar-refractivity contribution in [2.45, 2.75) is 157 Å². The van der Waals surface area contributed by atoms with Crippen LogP contribution in [0.5, 0.6) is 17.2 Å². The summed E-state index contributed by atoms with van der Waals surface area (Å²) in [7, 11) is 0. The maximum absolute atomic E-state index is 14.7. The zero-order valence-corrected chi connectivity index (χ0v) is 50.7. The fraction of sp³-hybridized carbons (Fsp3) is 0.537. The predicted molar refractivity (Wildman–Crippen MR) is 294 cm³/mol. The van der Waals surface area contributed by atoms with Gasteiger partial charge in [0.1, 0.15) is 60.3 Å². The third-order valence-corrected chi connectivity index (χ3v) is 15.1. The number of ether oxygens (including phenoxy) is 1. The van der Waals surface area contributed by atoms with Gasteiger partial charge in [0, 0.05) is 43.6 Å². The van der Waals surface area contributed by atoms with Crippen LogP contribution in [0.25, 0.3) is 11.3 Å². The molecule has 3 fully saturated rings. The zero-order valence-electron chi connectivity index (χ0n) is 47.9. The summed E-state index contributed by atoms with van der Waals surface area (Å²) in [5.41, 5.74) is 5.91. The van der Waals surface area contributed by atoms with Crippen LogP contribution in [0.2, 0.25) is 0 Å². The molecule has 0 spiro atoms. The summed E-state index contributed by atoms with van der Waals surface area (Å²) in [4.78, 5) is 119. The van der Waals surface area contributed by atoms with Crippen LogP contribution in [0, 0.1) is 5.92 Å². The number of amides is 8. The summed E-state index contributed by atoms with van der Waals surface area (Å²) < 4.78 is 14.9. The Kier molecular flexibility index (Phi) is 27.3. The number of fused-ring (bicyclic) bond motifs is 2. The normalized spacial score (nSPS) is 26.5. The van der Waals surface area contributed by atoms with Gasteiger partial charge in [0.05, 0.1) is 48.7 Å². The van der Waals surface area contributed by atoms with Gasteiger partial charge in [-0.3, -0.25) is 48.4 Å². The van der Waals surface area contributed by atoms with Crippen LogP contribution >= 0.6 is 12.3 Å². The summed E-state index contributed by atoms with van der Waals surface area (Å²) >= 11 is -0.0973. The molecule has 4 heterocycles. The van der Waals surface area contributed by atoms with Crippen LogP contribution in [0.1, 0.15) is 94.2 Å². The van der Waals surface area contributed by atoms with Gasteiger partial charge in [-0.25, -0.2) is 0 Å². The van der Waals surface area contributed by atoms with E-state index in [0.29, 0.717) is 33.4 Å². The van der Waals surface area contributed by atoms with Gasteiger partial charge in [-0.2, -0.15) is 0 Å². The van der Waals surface area contributed by atoms with E-state index >= 15 is 0 Å². The smallest absolute Gasteiger partial charge is 0.691 e. The molecular formula is C54H72N9NaO22S. The van der Waals surface area contributed by atoms with Gasteiger partial charge in [-0.1, -0.05) is 45.6 Å². The Morgan fingerprint density at radius 1 is 0.816 bits per heavy atom. The van der Waals surface area contributed by atoms with Crippen molar-refractivity contribution in [1.29, 1.82) is 0 Å². The van der Waals surface area contributed by atoms with Crippen LogP contribution in [-0.4, -0.2) is 207 Å². The Labute approximate surface area is 524 Å². The Balaban J connectivity index is 0.0000138. The largest absolute Gasteiger partial charge is 1.00 e. The number of aromatic hydroxyl groups is 1. The monoisotopic (exact) mass is 1250 g/mol. The van der Waals surface area contributed by atoms with E-state index in [0.717, 1.165) is 57.2 Å². The maximum atomic E-state index is 14.7. The second-order valence-electron chi connectivity index (χ2n) is 21.2. The molecule has 31 nitrogen and oxygen atoms in total. The molecule has 16 N–H and O–H groups in total. The molecule has 2 aromatic carbocycles. The van der Waals surface area contributed by atoms with Crippen molar-refractivity contribution in [3.63, 3.8) is 0 Å². The van der Waals surface area contributed by atoms with E-state index in [2.05, 4.69) is 42.5 Å². The number of aromatic nitrogens is 1. The molecule has 0 bridgehead atoms. The van der Waals surface area contributed by atoms with Crippen LogP contribution < -0.4 is 76.1 Å². The number of rotatable bonds is 21. The van der Waals surface area contributed by atoms with E-state index in [1.54, 1.807) is 24.3 Å². The summed E-state index contributed by atoms with van der Waals surface area (Å²) in [6.45, 7) is 3.88. The minimum atomic E-state index is -2.57. The SMILES string of the molecule is CCCCCCCOc1ccc(-c2ccc(C(=O)N[C@H]3CC(O)C(O)NC(=O)C4C(O)C(C)CN4C(=O)C(C(O)CC(N)=O)NC(=O)C(C(O)C(O)c4ccc(O)c(OSOO[O-])c4)NC(=O)C4CC(O)CN4C(=O)C(C(C)O)NC3=O)cn2)cc1.[Na+]. The Bertz CT molecular complexity index is 2850. The summed E-state index contributed by atoms with van der Waals surface area (Å²) in [5, 5.41) is 126. The number of carbonyl (C=O) groups excluding carboxylic acids is 8. The van der Waals surface area contributed by atoms with Crippen molar-refractivity contribution in [1.82, 2.24) is 41.4 Å². The first kappa shape index (κ1) is 71.4. The van der Waals surface area contributed by atoms with Crippen molar-refractivity contribution >= 4 is 59.6 Å². The van der Waals surface area contributed by atoms with E-state index in [-0.39, 0.29) is 53.0 Å². The number of aliphatic hydroxyl groups is 8. The maximum Gasteiger partial charge on any atom is 1.00 e. The topological polar surface area (TPSA) is 484 Å². The number of nitrogens with zero attached hydrogens (tertiary/aromatic N) is 3. The Morgan fingerprint density at radius 2 is 1.48 bits per heavy atom. The average Bonchev–Trinajstić information content (AvgIpc) is 2.28. The Hall–Kier alpha value is -6.34. The van der Waals surface area contributed by atoms with Crippen molar-refractivity contribution in [3.8, 4) is 28.5 Å². The van der Waals surface area contributed by atoms with Crippen molar-refractivity contribution in [2.24, 2.45) is 11.7 Å². The van der Waals surface area contributed by atoms with E-state index in [1.165, 1.54) is 25.3 Å². The van der Waals surface area contributed by atoms with Crippen LogP contribution in [0.3, 0.4) is 0 Å². The molecule has 14 unspecified atom stereocenters. The molecule has 6 rings (SSSR count). The molecule has 0 radical (unpaired) electrons. The molecule has 0 saturated carbocycles. The molecule has 3 saturated heterocycles. The summed E-state index contributed by atoms with van der Waals surface area (Å²) in [6, 6.07) is -0.109. The van der Waals surface area contributed by atoms with Gasteiger partial charge < -0.3 is 102 Å². The van der Waals surface area contributed by atoms with Gasteiger partial charge in [0.2, 0.25) is 41.4 Å². The summed E-state index contributed by atoms with van der Waals surface area (Å²) in [6.07, 6.45) is -13.2. The quantitative estimate of drug-likeness (QED) is 0.0155. The number of benzene rings is 2. The average molecular weight is 1250 g/mol. The van der Waals surface area contributed by atoms with Crippen LogP contribution in [0.15, 0.2) is 60.8 Å². The number of hydrogen-bond donors (Lipinski definition) is 15. The van der Waals surface area contributed by atoms with Crippen LogP contribution in [-0.2, 0) is 42.9 Å². The number of nitrogens with one attached hydrogen (secondary N) is 5. The van der Waals surface area contributed by atoms with Gasteiger partial charge in [0.15, 0.2) is 17.7 Å². The van der Waals surface area contributed by atoms with Crippen molar-refractivity contribution < 1.29 is 137 Å². The van der Waals surface area contributed by atoms with E-state index in [4.69, 9.17) is 14.7 Å². The molecule has 87 heavy (non-hydrogen) atoms. The van der Waals surface area contributed by atoms with Gasteiger partial charge >= 0.3 is 29.6 Å². The number of phenols is 1. The molecule has 3 aliphatic heterocycles. The van der Waals surface area contributed by atoms with E-state index < -0.39 is 182 Å². The molecule has 472 valence electrons. The molecule has 1 aromatic heterocycles. The molecule has 8 amide bonds. The standard InChI is InChI=1S/C54H73N9O22S.Na/c1-4-5-6-7-8-17-82-31-13-9-27(10-14-31)32-15-11-29(22-56-32)47(73)57-33-20-37(68)50(76)61-52(78)43-44(70)25(2)23-63(43)54(80)41(36(67)21-39(55)69)59-51(77)42(46(72)45(71)28-12-16-35(66)38(18-28)83-86-85-84-81)60-49(75)34-19-30(65)24-62(34)53(79)40(26(3)64)58-48(33)74;/h9-16,18,22,25-26,30,33-34,36-37,40-46,50,64-68,70-72,76,81H,4-8,17,19-21,23-24H2,1-3H3,(H2,55,69)(H,57,73)(H,58,74)(H,59,77)(H,60,75)(H,61,78);/q;+1/p-1/t25?,26?,30?,33-,34?,36?,37?,40?,41?,42?,43?,44?,45?,46?,50?;/m0./s1. The van der Waals surface area contributed by atoms with Gasteiger partial charge in [-0.05, 0) is 67.4 Å². The fourth-order valence-electron chi connectivity index (χ4n) is 10.0. The second-order valence-corrected chi connectivity index (χ2v) is 21.6. The first-order chi connectivity index (χ1) is 40.8. The van der Waals surface area contributed by atoms with Gasteiger partial charge in [-0.15, -0.1) is 4.33 Å². The number of carbonyl (C=O) groups is 8. The number of nitrogens with two attached hydrogens (primary N) is 1. The molecular weight excluding hydrogens is 1180 g/mol. The second kappa shape index (κ2) is 33.3. The Morgan fingerprint density at radius 3 is 2.13 bits per heavy atom. The number of primary amides is 1. The number of phenolic OH excluding ortho intramolecular Hbond substituents is 1. The minimum Gasteiger partial charge on any atom is -0.691 e. The minimum absolute atomic E-state index is 0. The molecule has 33 heteroatoms. The fourth-order valence-corrected chi connectivity index (χ4v) is 10.3. The molecule has 3 aromatic rings. The number of pyridine rings is 1. The van der Waals surface area contributed by atoms with Crippen molar-refractivity contribution in [3.05, 3.63) is 71.9 Å². The van der Waals surface area contributed by atoms with Crippen molar-refractivity contribution in [2.75, 3.05) is 19.7 Å². The first-order valence-corrected chi connectivity index (χ1v) is 28.2. The third-order valence-electron chi connectivity index (χ3n) is 14.7. The van der Waals surface area contributed by atoms with Crippen LogP contribution in [0.4, 0.5) is 0 Å². The molecule has 0 aliphatic carbocycles. The molecule has 3 aliphatic rings.